The molecule has 0 atom stereocenters. The van der Waals surface area contributed by atoms with Crippen molar-refractivity contribution in [3.8, 4) is 0 Å². The first-order valence-corrected chi connectivity index (χ1v) is 4.26. The fourth-order valence-corrected chi connectivity index (χ4v) is 0.342. The van der Waals surface area contributed by atoms with Crippen LogP contribution in [0.3, 0.4) is 0 Å². The van der Waals surface area contributed by atoms with Gasteiger partial charge in [0.1, 0.15) is 0 Å². The number of hydrogen-bond donors (Lipinski definition) is 3. The topological polar surface area (TPSA) is 77.8 Å². The monoisotopic (exact) mass is 239 g/mol. The van der Waals surface area contributed by atoms with E-state index in [1.54, 1.807) is 0 Å². The van der Waals surface area contributed by atoms with E-state index in [0.717, 1.165) is 0 Å². The molecular weight excluding hydrogens is 232 g/mol. The van der Waals surface area contributed by atoms with Gasteiger partial charge in [-0.25, -0.2) is 4.57 Å². The van der Waals surface area contributed by atoms with Crippen molar-refractivity contribution in [2.45, 2.75) is 0 Å². The Morgan fingerprint density at radius 3 is 1.42 bits per heavy atom. The van der Waals surface area contributed by atoms with Crippen LogP contribution in [0.2, 0.25) is 0 Å². The second-order valence-electron chi connectivity index (χ2n) is 1.59. The molecule has 0 bridgehead atoms. The van der Waals surface area contributed by atoms with Gasteiger partial charge in [0.2, 0.25) is 0 Å². The van der Waals surface area contributed by atoms with E-state index < -0.39 is 7.82 Å². The zero-order chi connectivity index (χ0) is 8.74. The molecule has 0 aliphatic carbocycles. The van der Waals surface area contributed by atoms with E-state index in [1.165, 1.54) is 0 Å². The van der Waals surface area contributed by atoms with Crippen molar-refractivity contribution >= 4 is 7.82 Å². The minimum absolute atomic E-state index is 0. The first-order valence-electron chi connectivity index (χ1n) is 2.69. The van der Waals surface area contributed by atoms with Crippen LogP contribution in [0.5, 0.6) is 0 Å². The Bertz CT molecular complexity index is 187. The van der Waals surface area contributed by atoms with Gasteiger partial charge in [-0.3, -0.25) is 0 Å². The second kappa shape index (κ2) is 7.59. The van der Waals surface area contributed by atoms with Gasteiger partial charge in [-0.1, -0.05) is 0 Å². The van der Waals surface area contributed by atoms with Gasteiger partial charge >= 0.3 is 7.82 Å². The van der Waals surface area contributed by atoms with Gasteiger partial charge in [-0.05, 0) is 0 Å². The first kappa shape index (κ1) is 14.5. The van der Waals surface area contributed by atoms with Crippen LogP contribution in [0.4, 0.5) is 0 Å². The zero-order valence-electron chi connectivity index (χ0n) is 6.29. The summed E-state index contributed by atoms with van der Waals surface area (Å²) in [5.74, 6) is 0. The third kappa shape index (κ3) is 22.5. The smallest absolute Gasteiger partial charge is 0.303 e. The maximum atomic E-state index is 8.88. The van der Waals surface area contributed by atoms with Crippen molar-refractivity contribution in [3.63, 3.8) is 0 Å². The summed E-state index contributed by atoms with van der Waals surface area (Å²) in [6.07, 6.45) is 0. The van der Waals surface area contributed by atoms with E-state index >= 15 is 0 Å². The maximum Gasteiger partial charge on any atom is 0.466 e. The van der Waals surface area contributed by atoms with Gasteiger partial charge in [0.05, 0.1) is 0 Å². The summed E-state index contributed by atoms with van der Waals surface area (Å²) in [7, 11) is -4.64. The fraction of sp³-hybridized carbons (Fsp3) is 0. The van der Waals surface area contributed by atoms with Crippen molar-refractivity contribution in [2.24, 2.45) is 0 Å². The van der Waals surface area contributed by atoms with Crippen molar-refractivity contribution in [2.75, 3.05) is 0 Å². The van der Waals surface area contributed by atoms with E-state index in [4.69, 9.17) is 19.2 Å². The molecular formula is C6H8O4PZn-. The third-order valence-electron chi connectivity index (χ3n) is 0.607. The average Bonchev–Trinajstić information content (AvgIpc) is 1.88. The van der Waals surface area contributed by atoms with E-state index in [2.05, 4.69) is 6.07 Å². The summed E-state index contributed by atoms with van der Waals surface area (Å²) in [4.78, 5) is 21.6. The van der Waals surface area contributed by atoms with Crippen LogP contribution in [0, 0.1) is 6.07 Å². The number of rotatable bonds is 0. The average molecular weight is 240 g/mol. The minimum Gasteiger partial charge on any atom is -0.303 e. The van der Waals surface area contributed by atoms with Gasteiger partial charge < -0.3 is 14.7 Å². The standard InChI is InChI=1S/C6H5.H3O4P.Zn/c1-2-4-6-5-3-1;1-5(2,3)4;/h1-5H;(H3,1,2,3,4);/q-1;;. The molecule has 0 saturated carbocycles. The van der Waals surface area contributed by atoms with Crippen LogP contribution in [0.25, 0.3) is 0 Å². The Hall–Kier alpha value is -0.0466. The summed E-state index contributed by atoms with van der Waals surface area (Å²) >= 11 is 0. The van der Waals surface area contributed by atoms with E-state index in [9.17, 15) is 0 Å². The summed E-state index contributed by atoms with van der Waals surface area (Å²) in [5, 5.41) is 0. The van der Waals surface area contributed by atoms with Gasteiger partial charge in [0, 0.05) is 19.5 Å². The van der Waals surface area contributed by atoms with E-state index in [-0.39, 0.29) is 19.5 Å². The molecule has 1 rings (SSSR count). The predicted molar refractivity (Wildman–Crippen MR) is 39.5 cm³/mol. The molecule has 6 heteroatoms. The Kier molecular flexibility index (Phi) is 9.16. The first-order chi connectivity index (χ1) is 5.00. The summed E-state index contributed by atoms with van der Waals surface area (Å²) < 4.78 is 8.88. The van der Waals surface area contributed by atoms with Gasteiger partial charge in [-0.2, -0.15) is 36.4 Å². The summed E-state index contributed by atoms with van der Waals surface area (Å²) in [5.41, 5.74) is 0. The molecule has 0 saturated heterocycles. The SMILES string of the molecule is O=P(O)(O)O.[Zn].[c-]1ccccc1. The Labute approximate surface area is 83.3 Å². The van der Waals surface area contributed by atoms with Crippen molar-refractivity contribution in [1.29, 1.82) is 0 Å². The molecule has 0 unspecified atom stereocenters. The Balaban J connectivity index is 0. The molecule has 0 aliphatic heterocycles. The minimum atomic E-state index is -4.64. The molecule has 0 aromatic heterocycles. The number of benzene rings is 1. The van der Waals surface area contributed by atoms with Crippen LogP contribution in [-0.2, 0) is 24.0 Å². The summed E-state index contributed by atoms with van der Waals surface area (Å²) in [6, 6.07) is 12.5. The molecule has 4 nitrogen and oxygen atoms in total. The normalized spacial score (nSPS) is 8.92. The Morgan fingerprint density at radius 2 is 1.33 bits per heavy atom. The number of phosphoric acid groups is 1. The molecule has 1 aromatic rings. The van der Waals surface area contributed by atoms with Gasteiger partial charge in [0.25, 0.3) is 0 Å². The van der Waals surface area contributed by atoms with Crippen LogP contribution in [-0.4, -0.2) is 14.7 Å². The third-order valence-corrected chi connectivity index (χ3v) is 0.607. The molecule has 0 spiro atoms. The molecule has 12 heavy (non-hydrogen) atoms. The van der Waals surface area contributed by atoms with Crippen molar-refractivity contribution in [1.82, 2.24) is 0 Å². The molecule has 0 heterocycles. The van der Waals surface area contributed by atoms with Crippen molar-refractivity contribution < 1.29 is 38.7 Å². The fourth-order valence-electron chi connectivity index (χ4n) is 0.342. The molecule has 64 valence electrons. The van der Waals surface area contributed by atoms with Crippen LogP contribution < -0.4 is 0 Å². The second-order valence-corrected chi connectivity index (χ2v) is 2.62. The van der Waals surface area contributed by atoms with Gasteiger partial charge in [0.15, 0.2) is 0 Å². The maximum absolute atomic E-state index is 8.88. The Morgan fingerprint density at radius 1 is 1.00 bits per heavy atom. The van der Waals surface area contributed by atoms with Crippen LogP contribution in [0.1, 0.15) is 0 Å². The van der Waals surface area contributed by atoms with E-state index in [1.807, 2.05) is 30.3 Å². The van der Waals surface area contributed by atoms with Gasteiger partial charge in [-0.15, -0.1) is 0 Å². The quantitative estimate of drug-likeness (QED) is 0.352. The molecule has 0 fully saturated rings. The molecule has 0 radical (unpaired) electrons. The van der Waals surface area contributed by atoms with Crippen LogP contribution >= 0.6 is 7.82 Å². The molecule has 3 N–H and O–H groups in total. The zero-order valence-corrected chi connectivity index (χ0v) is 10.2. The van der Waals surface area contributed by atoms with Crippen LogP contribution in [0.15, 0.2) is 30.3 Å². The number of hydrogen-bond acceptors (Lipinski definition) is 1. The van der Waals surface area contributed by atoms with E-state index in [0.29, 0.717) is 0 Å². The molecule has 0 aliphatic rings. The van der Waals surface area contributed by atoms with Crippen molar-refractivity contribution in [3.05, 3.63) is 36.4 Å². The molecule has 0 amide bonds. The predicted octanol–water partition coefficient (Wildman–Crippen LogP) is 0.556. The largest absolute Gasteiger partial charge is 0.466 e. The summed E-state index contributed by atoms with van der Waals surface area (Å²) in [6.45, 7) is 0. The molecule has 1 aromatic carbocycles.